The smallest absolute Gasteiger partial charge is 0.238 e. The third-order valence-corrected chi connectivity index (χ3v) is 8.36. The maximum atomic E-state index is 12.8. The van der Waals surface area contributed by atoms with Gasteiger partial charge in [-0.25, -0.2) is 22.4 Å². The van der Waals surface area contributed by atoms with Crippen LogP contribution in [0.3, 0.4) is 0 Å². The third-order valence-electron chi connectivity index (χ3n) is 6.15. The van der Waals surface area contributed by atoms with Gasteiger partial charge in [0.2, 0.25) is 16.0 Å². The molecule has 0 bridgehead atoms. The summed E-state index contributed by atoms with van der Waals surface area (Å²) in [6.07, 6.45) is 3.03. The number of fused-ring (bicyclic) bond motifs is 1. The molecule has 0 radical (unpaired) electrons. The number of nitrogens with one attached hydrogen (secondary N) is 1. The lowest BCUT2D eigenvalue weighted by Gasteiger charge is -2.24. The van der Waals surface area contributed by atoms with Crippen molar-refractivity contribution in [3.8, 4) is 17.0 Å². The van der Waals surface area contributed by atoms with Gasteiger partial charge in [0.15, 0.2) is 0 Å². The average Bonchev–Trinajstić information content (AvgIpc) is 3.29. The minimum absolute atomic E-state index is 0.0453. The highest BCUT2D eigenvalue weighted by Gasteiger charge is 2.21. The Balaban J connectivity index is 1.73. The summed E-state index contributed by atoms with van der Waals surface area (Å²) in [6.45, 7) is 3.26. The van der Waals surface area contributed by atoms with Crippen LogP contribution in [0, 0.1) is 0 Å². The van der Waals surface area contributed by atoms with Crippen LogP contribution >= 0.6 is 23.2 Å². The molecule has 0 unspecified atom stereocenters. The number of ether oxygens (including phenoxy) is 1. The van der Waals surface area contributed by atoms with Gasteiger partial charge in [0.05, 0.1) is 51.7 Å². The lowest BCUT2D eigenvalue weighted by atomic mass is 10.1. The molecular formula is C26H30Cl2N6O3S. The Kier molecular flexibility index (Phi) is 8.37. The van der Waals surface area contributed by atoms with Crippen LogP contribution in [0.1, 0.15) is 6.92 Å². The van der Waals surface area contributed by atoms with Gasteiger partial charge in [0, 0.05) is 43.4 Å². The maximum Gasteiger partial charge on any atom is 0.238 e. The SMILES string of the molecule is CCS(=O)(=O)n1cc(-c2nc(Nc3cc(Cl)c(N(C)CCN(C)C)cc3OC)ncc2Cl)c2ccccc21. The summed E-state index contributed by atoms with van der Waals surface area (Å²) in [6, 6.07) is 10.9. The van der Waals surface area contributed by atoms with Crippen molar-refractivity contribution in [3.63, 3.8) is 0 Å². The predicted octanol–water partition coefficient (Wildman–Crippen LogP) is 5.35. The Labute approximate surface area is 233 Å². The van der Waals surface area contributed by atoms with Crippen LogP contribution in [-0.4, -0.2) is 74.4 Å². The highest BCUT2D eigenvalue weighted by molar-refractivity contribution is 7.90. The quantitative estimate of drug-likeness (QED) is 0.270. The van der Waals surface area contributed by atoms with E-state index in [0.29, 0.717) is 38.6 Å². The first-order valence-electron chi connectivity index (χ1n) is 11.9. The summed E-state index contributed by atoms with van der Waals surface area (Å²) in [7, 11) is 4.05. The van der Waals surface area contributed by atoms with Crippen molar-refractivity contribution < 1.29 is 13.2 Å². The van der Waals surface area contributed by atoms with Crippen molar-refractivity contribution >= 4 is 61.5 Å². The van der Waals surface area contributed by atoms with E-state index in [9.17, 15) is 8.42 Å². The number of rotatable bonds is 10. The van der Waals surface area contributed by atoms with Crippen LogP contribution in [0.25, 0.3) is 22.2 Å². The third kappa shape index (κ3) is 5.68. The number of benzene rings is 2. The Morgan fingerprint density at radius 2 is 1.82 bits per heavy atom. The van der Waals surface area contributed by atoms with E-state index in [1.165, 1.54) is 10.2 Å². The minimum atomic E-state index is -3.54. The van der Waals surface area contributed by atoms with Crippen molar-refractivity contribution in [2.75, 3.05) is 57.3 Å². The Hall–Kier alpha value is -3.05. The molecule has 9 nitrogen and oxygen atoms in total. The number of anilines is 3. The van der Waals surface area contributed by atoms with E-state index in [1.54, 1.807) is 38.4 Å². The van der Waals surface area contributed by atoms with Gasteiger partial charge in [-0.3, -0.25) is 0 Å². The molecule has 1 N–H and O–H groups in total. The van der Waals surface area contributed by atoms with Gasteiger partial charge in [-0.15, -0.1) is 0 Å². The molecule has 4 aromatic rings. The highest BCUT2D eigenvalue weighted by atomic mass is 35.5. The van der Waals surface area contributed by atoms with Gasteiger partial charge >= 0.3 is 0 Å². The standard InChI is InChI=1S/C26H30Cl2N6O3S/c1-6-38(35,36)34-16-18(17-9-7-8-10-22(17)34)25-20(28)15-29-26(31-25)30-21-13-19(27)23(14-24(21)37-5)33(4)12-11-32(2)3/h7-10,13-16H,6,11-12H2,1-5H3,(H,29,30,31). The van der Waals surface area contributed by atoms with Crippen LogP contribution in [0.4, 0.5) is 17.3 Å². The van der Waals surface area contributed by atoms with Gasteiger partial charge < -0.3 is 19.9 Å². The van der Waals surface area contributed by atoms with Gasteiger partial charge in [-0.1, -0.05) is 41.4 Å². The average molecular weight is 578 g/mol. The van der Waals surface area contributed by atoms with Crippen molar-refractivity contribution in [1.29, 1.82) is 0 Å². The fraction of sp³-hybridized carbons (Fsp3) is 0.308. The fourth-order valence-corrected chi connectivity index (χ4v) is 5.52. The molecule has 12 heteroatoms. The molecule has 0 spiro atoms. The van der Waals surface area contributed by atoms with E-state index in [0.717, 1.165) is 18.8 Å². The number of para-hydroxylation sites is 1. The molecule has 2 heterocycles. The topological polar surface area (TPSA) is 92.6 Å². The van der Waals surface area contributed by atoms with E-state index in [2.05, 4.69) is 25.1 Å². The van der Waals surface area contributed by atoms with E-state index in [4.69, 9.17) is 27.9 Å². The summed E-state index contributed by atoms with van der Waals surface area (Å²) >= 11 is 13.2. The van der Waals surface area contributed by atoms with E-state index in [1.807, 2.05) is 39.3 Å². The Morgan fingerprint density at radius 3 is 2.50 bits per heavy atom. The molecule has 0 saturated carbocycles. The number of nitrogens with zero attached hydrogens (tertiary/aromatic N) is 5. The zero-order valence-electron chi connectivity index (χ0n) is 21.9. The normalized spacial score (nSPS) is 11.8. The molecule has 38 heavy (non-hydrogen) atoms. The molecule has 0 amide bonds. The summed E-state index contributed by atoms with van der Waals surface area (Å²) in [4.78, 5) is 13.1. The second-order valence-corrected chi connectivity index (χ2v) is 11.9. The van der Waals surface area contributed by atoms with Crippen molar-refractivity contribution in [3.05, 3.63) is 58.8 Å². The summed E-state index contributed by atoms with van der Waals surface area (Å²) in [5, 5.41) is 4.71. The number of likely N-dealkylation sites (N-methyl/N-ethyl adjacent to an activating group) is 2. The first-order chi connectivity index (χ1) is 18.1. The first-order valence-corrected chi connectivity index (χ1v) is 14.3. The molecule has 0 aliphatic carbocycles. The van der Waals surface area contributed by atoms with Gasteiger partial charge in [0.25, 0.3) is 0 Å². The Bertz CT molecular complexity index is 1570. The number of hydrogen-bond donors (Lipinski definition) is 1. The Morgan fingerprint density at radius 1 is 1.08 bits per heavy atom. The maximum absolute atomic E-state index is 12.8. The summed E-state index contributed by atoms with van der Waals surface area (Å²) < 4.78 is 32.4. The minimum Gasteiger partial charge on any atom is -0.494 e. The molecular weight excluding hydrogens is 547 g/mol. The number of methoxy groups -OCH3 is 1. The fourth-order valence-electron chi connectivity index (χ4n) is 4.02. The molecule has 4 rings (SSSR count). The van der Waals surface area contributed by atoms with Gasteiger partial charge in [0.1, 0.15) is 5.75 Å². The van der Waals surface area contributed by atoms with Gasteiger partial charge in [-0.05, 0) is 33.2 Å². The van der Waals surface area contributed by atoms with Crippen LogP contribution in [0.2, 0.25) is 10.0 Å². The van der Waals surface area contributed by atoms with Crippen LogP contribution in [-0.2, 0) is 10.0 Å². The number of halogens is 2. The van der Waals surface area contributed by atoms with E-state index < -0.39 is 10.0 Å². The van der Waals surface area contributed by atoms with Crippen molar-refractivity contribution in [2.24, 2.45) is 0 Å². The molecule has 0 fully saturated rings. The lowest BCUT2D eigenvalue weighted by Crippen LogP contribution is -2.28. The van der Waals surface area contributed by atoms with Crippen LogP contribution in [0.5, 0.6) is 5.75 Å². The monoisotopic (exact) mass is 576 g/mol. The zero-order chi connectivity index (χ0) is 27.6. The second kappa shape index (κ2) is 11.4. The molecule has 2 aromatic heterocycles. The van der Waals surface area contributed by atoms with Crippen molar-refractivity contribution in [2.45, 2.75) is 6.92 Å². The van der Waals surface area contributed by atoms with E-state index in [-0.39, 0.29) is 16.7 Å². The summed E-state index contributed by atoms with van der Waals surface area (Å²) in [5.74, 6) is 0.769. The summed E-state index contributed by atoms with van der Waals surface area (Å²) in [5.41, 5.74) is 2.94. The van der Waals surface area contributed by atoms with Crippen LogP contribution in [0.15, 0.2) is 48.8 Å². The second-order valence-electron chi connectivity index (χ2n) is 9.00. The van der Waals surface area contributed by atoms with Gasteiger partial charge in [-0.2, -0.15) is 0 Å². The molecule has 0 saturated heterocycles. The van der Waals surface area contributed by atoms with E-state index >= 15 is 0 Å². The number of aromatic nitrogens is 3. The first kappa shape index (κ1) is 28.0. The lowest BCUT2D eigenvalue weighted by molar-refractivity contribution is 0.413. The molecule has 0 atom stereocenters. The highest BCUT2D eigenvalue weighted by Crippen LogP contribution is 2.39. The van der Waals surface area contributed by atoms with Crippen molar-refractivity contribution in [1.82, 2.24) is 18.8 Å². The molecule has 0 aliphatic heterocycles. The predicted molar refractivity (Wildman–Crippen MR) is 156 cm³/mol. The largest absolute Gasteiger partial charge is 0.494 e. The molecule has 202 valence electrons. The molecule has 0 aliphatic rings. The molecule has 2 aromatic carbocycles. The number of hydrogen-bond acceptors (Lipinski definition) is 8. The van der Waals surface area contributed by atoms with Crippen LogP contribution < -0.4 is 15.0 Å². The zero-order valence-corrected chi connectivity index (χ0v) is 24.2.